The molecule has 18 heavy (non-hydrogen) atoms. The van der Waals surface area contributed by atoms with Crippen LogP contribution in [0.2, 0.25) is 0 Å². The number of carboxylic acids is 2. The zero-order chi connectivity index (χ0) is 13.9. The van der Waals surface area contributed by atoms with Crippen molar-refractivity contribution >= 4 is 17.8 Å². The lowest BCUT2D eigenvalue weighted by Gasteiger charge is -2.23. The molecule has 0 aromatic heterocycles. The van der Waals surface area contributed by atoms with E-state index < -0.39 is 36.0 Å². The van der Waals surface area contributed by atoms with E-state index in [0.29, 0.717) is 0 Å². The number of carbonyl (C=O) groups is 3. The summed E-state index contributed by atoms with van der Waals surface area (Å²) >= 11 is 0. The molecule has 0 aromatic rings. The molecule has 0 radical (unpaired) electrons. The Balaban J connectivity index is 2.56. The molecule has 8 nitrogen and oxygen atoms in total. The number of hydrogen-bond donors (Lipinski definition) is 4. The lowest BCUT2D eigenvalue weighted by atomic mass is 10.1. The van der Waals surface area contributed by atoms with E-state index in [1.807, 2.05) is 0 Å². The molecular weight excluding hydrogens is 244 g/mol. The Morgan fingerprint density at radius 2 is 1.94 bits per heavy atom. The molecule has 1 saturated heterocycles. The predicted octanol–water partition coefficient (Wildman–Crippen LogP) is -1.78. The third kappa shape index (κ3) is 3.17. The summed E-state index contributed by atoms with van der Waals surface area (Å²) in [5, 5.41) is 26.9. The minimum absolute atomic E-state index is 0.0624. The number of nitrogens with two attached hydrogens (primary N) is 1. The van der Waals surface area contributed by atoms with Crippen LogP contribution in [-0.2, 0) is 14.4 Å². The van der Waals surface area contributed by atoms with Crippen LogP contribution in [0.1, 0.15) is 19.3 Å². The largest absolute Gasteiger partial charge is 0.480 e. The van der Waals surface area contributed by atoms with Crippen LogP contribution < -0.4 is 5.73 Å². The van der Waals surface area contributed by atoms with E-state index >= 15 is 0 Å². The minimum atomic E-state index is -1.27. The third-order valence-electron chi connectivity index (χ3n) is 2.93. The molecule has 3 atom stereocenters. The molecule has 1 rings (SSSR count). The van der Waals surface area contributed by atoms with Crippen molar-refractivity contribution in [2.75, 3.05) is 6.54 Å². The van der Waals surface area contributed by atoms with Crippen molar-refractivity contribution < 1.29 is 29.7 Å². The third-order valence-corrected chi connectivity index (χ3v) is 2.93. The zero-order valence-electron chi connectivity index (χ0n) is 9.65. The Bertz CT molecular complexity index is 358. The fourth-order valence-electron chi connectivity index (χ4n) is 1.90. The maximum Gasteiger partial charge on any atom is 0.329 e. The van der Waals surface area contributed by atoms with Crippen molar-refractivity contribution in [2.45, 2.75) is 37.5 Å². The van der Waals surface area contributed by atoms with Gasteiger partial charge in [-0.1, -0.05) is 0 Å². The second kappa shape index (κ2) is 5.78. The molecule has 8 heteroatoms. The predicted molar refractivity (Wildman–Crippen MR) is 58.6 cm³/mol. The monoisotopic (exact) mass is 260 g/mol. The quantitative estimate of drug-likeness (QED) is 0.458. The molecule has 0 spiro atoms. The Labute approximate surface area is 103 Å². The van der Waals surface area contributed by atoms with Gasteiger partial charge in [-0.2, -0.15) is 0 Å². The highest BCUT2D eigenvalue weighted by Crippen LogP contribution is 2.19. The van der Waals surface area contributed by atoms with E-state index in [1.165, 1.54) is 0 Å². The van der Waals surface area contributed by atoms with E-state index in [9.17, 15) is 19.5 Å². The van der Waals surface area contributed by atoms with Crippen molar-refractivity contribution in [1.29, 1.82) is 0 Å². The minimum Gasteiger partial charge on any atom is -0.480 e. The topological polar surface area (TPSA) is 141 Å². The van der Waals surface area contributed by atoms with Gasteiger partial charge in [0.15, 0.2) is 6.04 Å². The van der Waals surface area contributed by atoms with Gasteiger partial charge in [0.25, 0.3) is 0 Å². The van der Waals surface area contributed by atoms with E-state index in [-0.39, 0.29) is 25.8 Å². The Hall–Kier alpha value is -1.67. The van der Waals surface area contributed by atoms with Crippen LogP contribution in [0.3, 0.4) is 0 Å². The summed E-state index contributed by atoms with van der Waals surface area (Å²) in [5.74, 6) is -2.98. The molecule has 102 valence electrons. The first-order chi connectivity index (χ1) is 8.34. The molecule has 1 fully saturated rings. The number of aliphatic hydroxyl groups excluding tert-OH is 1. The molecule has 0 saturated carbocycles. The van der Waals surface area contributed by atoms with Gasteiger partial charge in [-0.15, -0.1) is 0 Å². The van der Waals surface area contributed by atoms with Crippen LogP contribution >= 0.6 is 0 Å². The van der Waals surface area contributed by atoms with Gasteiger partial charge in [0, 0.05) is 13.0 Å². The molecule has 0 bridgehead atoms. The van der Waals surface area contributed by atoms with Crippen LogP contribution in [0.25, 0.3) is 0 Å². The number of nitrogens with zero attached hydrogens (tertiary/aromatic N) is 1. The summed E-state index contributed by atoms with van der Waals surface area (Å²) in [4.78, 5) is 34.2. The van der Waals surface area contributed by atoms with Gasteiger partial charge < -0.3 is 26.0 Å². The van der Waals surface area contributed by atoms with Crippen molar-refractivity contribution in [3.05, 3.63) is 0 Å². The maximum atomic E-state index is 11.7. The lowest BCUT2D eigenvalue weighted by Crippen LogP contribution is -2.45. The van der Waals surface area contributed by atoms with Gasteiger partial charge in [0.1, 0.15) is 6.04 Å². The molecule has 5 N–H and O–H groups in total. The average molecular weight is 260 g/mol. The van der Waals surface area contributed by atoms with Crippen LogP contribution in [-0.4, -0.2) is 62.8 Å². The van der Waals surface area contributed by atoms with Gasteiger partial charge >= 0.3 is 11.9 Å². The zero-order valence-corrected chi connectivity index (χ0v) is 9.65. The van der Waals surface area contributed by atoms with Gasteiger partial charge in [-0.25, -0.2) is 4.79 Å². The summed E-state index contributed by atoms with van der Waals surface area (Å²) in [7, 11) is 0. The molecule has 1 unspecified atom stereocenters. The number of rotatable bonds is 5. The highest BCUT2D eigenvalue weighted by atomic mass is 16.4. The molecule has 1 heterocycles. The van der Waals surface area contributed by atoms with Crippen LogP contribution in [0.4, 0.5) is 0 Å². The molecule has 0 aromatic carbocycles. The summed E-state index contributed by atoms with van der Waals surface area (Å²) in [6.07, 6.45) is -1.09. The highest BCUT2D eigenvalue weighted by Gasteiger charge is 2.40. The number of aliphatic carboxylic acids is 2. The molecule has 1 aliphatic heterocycles. The van der Waals surface area contributed by atoms with E-state index in [4.69, 9.17) is 15.9 Å². The van der Waals surface area contributed by atoms with Crippen molar-refractivity contribution in [2.24, 2.45) is 5.73 Å². The number of hydrogen-bond acceptors (Lipinski definition) is 5. The average Bonchev–Trinajstić information content (AvgIpc) is 2.67. The van der Waals surface area contributed by atoms with E-state index in [0.717, 1.165) is 4.90 Å². The lowest BCUT2D eigenvalue weighted by molar-refractivity contribution is -0.151. The van der Waals surface area contributed by atoms with Gasteiger partial charge in [-0.3, -0.25) is 9.59 Å². The van der Waals surface area contributed by atoms with Crippen molar-refractivity contribution in [1.82, 2.24) is 4.90 Å². The molecule has 1 aliphatic rings. The van der Waals surface area contributed by atoms with Gasteiger partial charge in [0.2, 0.25) is 5.91 Å². The molecular formula is C10H16N2O6. The number of carbonyl (C=O) groups excluding carboxylic acids is 1. The number of carboxylic acid groups (broad SMARTS) is 2. The smallest absolute Gasteiger partial charge is 0.329 e. The van der Waals surface area contributed by atoms with Crippen LogP contribution in [0.5, 0.6) is 0 Å². The molecule has 1 amide bonds. The maximum absolute atomic E-state index is 11.7. The van der Waals surface area contributed by atoms with Crippen molar-refractivity contribution in [3.8, 4) is 0 Å². The summed E-state index contributed by atoms with van der Waals surface area (Å²) in [6.45, 7) is 0.152. The SMILES string of the molecule is N[C@@H](CCC(=O)N1CCC(O)[C@H]1C(=O)O)C(=O)O. The summed E-state index contributed by atoms with van der Waals surface area (Å²) < 4.78 is 0. The fraction of sp³-hybridized carbons (Fsp3) is 0.700. The second-order valence-electron chi connectivity index (χ2n) is 4.21. The number of aliphatic hydroxyl groups is 1. The van der Waals surface area contributed by atoms with E-state index in [1.54, 1.807) is 0 Å². The number of amides is 1. The Morgan fingerprint density at radius 3 is 2.44 bits per heavy atom. The van der Waals surface area contributed by atoms with Gasteiger partial charge in [0.05, 0.1) is 6.10 Å². The second-order valence-corrected chi connectivity index (χ2v) is 4.21. The summed E-state index contributed by atoms with van der Waals surface area (Å²) in [6, 6.07) is -2.40. The first-order valence-corrected chi connectivity index (χ1v) is 5.53. The molecule has 0 aliphatic carbocycles. The Morgan fingerprint density at radius 1 is 1.33 bits per heavy atom. The van der Waals surface area contributed by atoms with Crippen molar-refractivity contribution in [3.63, 3.8) is 0 Å². The highest BCUT2D eigenvalue weighted by molar-refractivity contribution is 5.85. The van der Waals surface area contributed by atoms with Crippen LogP contribution in [0, 0.1) is 0 Å². The summed E-state index contributed by atoms with van der Waals surface area (Å²) in [5.41, 5.74) is 5.25. The first kappa shape index (κ1) is 14.4. The van der Waals surface area contributed by atoms with Crippen LogP contribution in [0.15, 0.2) is 0 Å². The van der Waals surface area contributed by atoms with Gasteiger partial charge in [-0.05, 0) is 12.8 Å². The Kier molecular flexibility index (Phi) is 4.62. The number of likely N-dealkylation sites (tertiary alicyclic amines) is 1. The first-order valence-electron chi connectivity index (χ1n) is 5.53. The van der Waals surface area contributed by atoms with E-state index in [2.05, 4.69) is 0 Å². The fourth-order valence-corrected chi connectivity index (χ4v) is 1.90. The normalized spacial score (nSPS) is 24.9. The standard InChI is InChI=1S/C10H16N2O6/c11-5(9(15)16)1-2-7(14)12-4-3-6(13)8(12)10(17)18/h5-6,8,13H,1-4,11H2,(H,15,16)(H,17,18)/t5-,6?,8-/m0/s1.